The highest BCUT2D eigenvalue weighted by Gasteiger charge is 2.43. The van der Waals surface area contributed by atoms with Crippen LogP contribution in [0.4, 0.5) is 0 Å². The van der Waals surface area contributed by atoms with Gasteiger partial charge in [-0.2, -0.15) is 0 Å². The van der Waals surface area contributed by atoms with Crippen LogP contribution in [0.3, 0.4) is 0 Å². The van der Waals surface area contributed by atoms with Crippen molar-refractivity contribution in [3.8, 4) is 0 Å². The predicted molar refractivity (Wildman–Crippen MR) is 89.0 cm³/mol. The van der Waals surface area contributed by atoms with Crippen molar-refractivity contribution in [1.82, 2.24) is 24.6 Å². The van der Waals surface area contributed by atoms with Crippen LogP contribution < -0.4 is 4.72 Å². The highest BCUT2D eigenvalue weighted by Crippen LogP contribution is 2.43. The van der Waals surface area contributed by atoms with Crippen LogP contribution in [-0.4, -0.2) is 59.5 Å². The molecule has 3 saturated carbocycles. The normalized spacial score (nSPS) is 25.6. The third-order valence-corrected chi connectivity index (χ3v) is 7.03. The molecule has 0 aliphatic heterocycles. The minimum atomic E-state index is -3.74. The maximum absolute atomic E-state index is 12.6. The van der Waals surface area contributed by atoms with Gasteiger partial charge in [0.05, 0.1) is 11.4 Å². The lowest BCUT2D eigenvalue weighted by Crippen LogP contribution is -2.47. The summed E-state index contributed by atoms with van der Waals surface area (Å²) in [6.07, 6.45) is 5.88. The fourth-order valence-electron chi connectivity index (χ4n) is 3.71. The average molecular weight is 369 g/mol. The summed E-state index contributed by atoms with van der Waals surface area (Å²) in [7, 11) is -0.524. The molecule has 0 radical (unpaired) electrons. The van der Waals surface area contributed by atoms with Crippen LogP contribution in [-0.2, 0) is 21.4 Å². The smallest absolute Gasteiger partial charge is 0.286 e. The third-order valence-electron chi connectivity index (χ3n) is 5.18. The predicted octanol–water partition coefficient (Wildman–Crippen LogP) is 0.00460. The van der Waals surface area contributed by atoms with E-state index in [1.165, 1.54) is 15.8 Å². The number of sulfonamides is 1. The van der Waals surface area contributed by atoms with Gasteiger partial charge in [-0.15, -0.1) is 5.10 Å². The van der Waals surface area contributed by atoms with Crippen molar-refractivity contribution in [2.24, 2.45) is 11.8 Å². The molecule has 2 amide bonds. The minimum Gasteiger partial charge on any atom is -0.347 e. The standard InChI is InChI=1S/C15H23N5O4S/c1-19(2)14(21)9-20-8-12(16-18-20)15(22)17-25(23,24)13-7-10-3-5-11(13)6-4-10/h8,10-11,13H,3-7,9H2,1-2H3,(H,17,22). The molecule has 1 N–H and O–H groups in total. The van der Waals surface area contributed by atoms with Gasteiger partial charge < -0.3 is 4.90 Å². The Kier molecular flexibility index (Phi) is 4.81. The summed E-state index contributed by atoms with van der Waals surface area (Å²) in [5, 5.41) is 6.87. The van der Waals surface area contributed by atoms with Crippen LogP contribution in [0.15, 0.2) is 6.20 Å². The molecule has 25 heavy (non-hydrogen) atoms. The lowest BCUT2D eigenvalue weighted by atomic mass is 9.70. The van der Waals surface area contributed by atoms with Crippen LogP contribution in [0, 0.1) is 11.8 Å². The zero-order valence-corrected chi connectivity index (χ0v) is 15.2. The van der Waals surface area contributed by atoms with Gasteiger partial charge in [0.2, 0.25) is 15.9 Å². The lowest BCUT2D eigenvalue weighted by Gasteiger charge is -2.41. The second-order valence-electron chi connectivity index (χ2n) is 7.12. The fourth-order valence-corrected chi connectivity index (χ4v) is 5.53. The molecule has 4 rings (SSSR count). The highest BCUT2D eigenvalue weighted by atomic mass is 32.2. The summed E-state index contributed by atoms with van der Waals surface area (Å²) in [4.78, 5) is 25.3. The van der Waals surface area contributed by atoms with Gasteiger partial charge in [-0.25, -0.2) is 17.8 Å². The SMILES string of the molecule is CN(C)C(=O)Cn1cc(C(=O)NS(=O)(=O)C2CC3CCC2CC3)nn1. The summed E-state index contributed by atoms with van der Waals surface area (Å²) in [6, 6.07) is 0. The van der Waals surface area contributed by atoms with E-state index in [-0.39, 0.29) is 24.1 Å². The van der Waals surface area contributed by atoms with E-state index in [1.54, 1.807) is 14.1 Å². The summed E-state index contributed by atoms with van der Waals surface area (Å²) in [6.45, 7) is -0.0631. The highest BCUT2D eigenvalue weighted by molar-refractivity contribution is 7.90. The van der Waals surface area contributed by atoms with Crippen molar-refractivity contribution in [2.45, 2.75) is 43.9 Å². The first-order valence-electron chi connectivity index (χ1n) is 8.42. The van der Waals surface area contributed by atoms with Crippen molar-refractivity contribution in [2.75, 3.05) is 14.1 Å². The van der Waals surface area contributed by atoms with E-state index in [4.69, 9.17) is 0 Å². The van der Waals surface area contributed by atoms with E-state index in [0.29, 0.717) is 12.3 Å². The Morgan fingerprint density at radius 3 is 2.52 bits per heavy atom. The van der Waals surface area contributed by atoms with Gasteiger partial charge in [0.1, 0.15) is 6.54 Å². The number of carbonyl (C=O) groups excluding carboxylic acids is 2. The minimum absolute atomic E-state index is 0.0631. The van der Waals surface area contributed by atoms with Crippen LogP contribution >= 0.6 is 0 Å². The maximum atomic E-state index is 12.6. The molecule has 3 fully saturated rings. The number of fused-ring (bicyclic) bond motifs is 3. The zero-order chi connectivity index (χ0) is 18.2. The van der Waals surface area contributed by atoms with Gasteiger partial charge in [-0.1, -0.05) is 18.1 Å². The van der Waals surface area contributed by atoms with E-state index < -0.39 is 21.2 Å². The maximum Gasteiger partial charge on any atom is 0.286 e. The number of nitrogens with zero attached hydrogens (tertiary/aromatic N) is 4. The Hall–Kier alpha value is -1.97. The molecule has 0 aromatic carbocycles. The molecule has 3 aliphatic rings. The Morgan fingerprint density at radius 1 is 1.28 bits per heavy atom. The van der Waals surface area contributed by atoms with E-state index in [2.05, 4.69) is 15.0 Å². The number of rotatable bonds is 5. The molecule has 0 spiro atoms. The Labute approximate surface area is 146 Å². The molecule has 1 aromatic heterocycles. The van der Waals surface area contributed by atoms with Crippen molar-refractivity contribution in [3.05, 3.63) is 11.9 Å². The average Bonchev–Trinajstić information content (AvgIpc) is 3.04. The van der Waals surface area contributed by atoms with Gasteiger partial charge in [0.25, 0.3) is 5.91 Å². The number of hydrogen-bond donors (Lipinski definition) is 1. The van der Waals surface area contributed by atoms with Gasteiger partial charge >= 0.3 is 0 Å². The zero-order valence-electron chi connectivity index (χ0n) is 14.4. The first-order valence-corrected chi connectivity index (χ1v) is 9.97. The lowest BCUT2D eigenvalue weighted by molar-refractivity contribution is -0.129. The molecule has 138 valence electrons. The van der Waals surface area contributed by atoms with Gasteiger partial charge in [0, 0.05) is 14.1 Å². The second-order valence-corrected chi connectivity index (χ2v) is 9.02. The number of hydrogen-bond acceptors (Lipinski definition) is 6. The Balaban J connectivity index is 1.65. The molecule has 2 bridgehead atoms. The molecule has 1 atom stereocenters. The van der Waals surface area contributed by atoms with Crippen molar-refractivity contribution in [1.29, 1.82) is 0 Å². The number of carbonyl (C=O) groups is 2. The van der Waals surface area contributed by atoms with E-state index >= 15 is 0 Å². The van der Waals surface area contributed by atoms with Crippen LogP contribution in [0.2, 0.25) is 0 Å². The fraction of sp³-hybridized carbons (Fsp3) is 0.733. The third kappa shape index (κ3) is 3.83. The van der Waals surface area contributed by atoms with Gasteiger partial charge in [-0.05, 0) is 31.1 Å². The molecule has 3 aliphatic carbocycles. The number of amides is 2. The molecule has 9 nitrogen and oxygen atoms in total. The molecule has 1 unspecified atom stereocenters. The van der Waals surface area contributed by atoms with Crippen molar-refractivity contribution >= 4 is 21.8 Å². The van der Waals surface area contributed by atoms with Gasteiger partial charge in [0.15, 0.2) is 5.69 Å². The first-order chi connectivity index (χ1) is 11.8. The quantitative estimate of drug-likeness (QED) is 0.782. The first kappa shape index (κ1) is 17.8. The summed E-state index contributed by atoms with van der Waals surface area (Å²) < 4.78 is 28.5. The van der Waals surface area contributed by atoms with Crippen molar-refractivity contribution in [3.63, 3.8) is 0 Å². The van der Waals surface area contributed by atoms with Crippen LogP contribution in [0.1, 0.15) is 42.6 Å². The molecule has 10 heteroatoms. The Bertz CT molecular complexity index is 765. The summed E-state index contributed by atoms with van der Waals surface area (Å²) >= 11 is 0. The molecule has 1 aromatic rings. The number of nitrogens with one attached hydrogen (secondary N) is 1. The largest absolute Gasteiger partial charge is 0.347 e. The topological polar surface area (TPSA) is 114 Å². The van der Waals surface area contributed by atoms with Crippen molar-refractivity contribution < 1.29 is 18.0 Å². The van der Waals surface area contributed by atoms with E-state index in [9.17, 15) is 18.0 Å². The molecule has 0 saturated heterocycles. The molecular formula is C15H23N5O4S. The molecular weight excluding hydrogens is 346 g/mol. The summed E-state index contributed by atoms with van der Waals surface area (Å²) in [5.41, 5.74) is -0.115. The molecule has 1 heterocycles. The van der Waals surface area contributed by atoms with E-state index in [0.717, 1.165) is 25.7 Å². The Morgan fingerprint density at radius 2 is 1.96 bits per heavy atom. The monoisotopic (exact) mass is 369 g/mol. The second kappa shape index (κ2) is 6.74. The van der Waals surface area contributed by atoms with Gasteiger partial charge in [-0.3, -0.25) is 9.59 Å². The van der Waals surface area contributed by atoms with Crippen LogP contribution in [0.5, 0.6) is 0 Å². The van der Waals surface area contributed by atoms with Crippen LogP contribution in [0.25, 0.3) is 0 Å². The summed E-state index contributed by atoms with van der Waals surface area (Å²) in [5.74, 6) is -0.434. The number of aromatic nitrogens is 3. The number of likely N-dealkylation sites (N-methyl/N-ethyl adjacent to an activating group) is 1. The van der Waals surface area contributed by atoms with E-state index in [1.807, 2.05) is 0 Å².